The van der Waals surface area contributed by atoms with Crippen LogP contribution in [0.15, 0.2) is 42.5 Å². The molecule has 1 aromatic heterocycles. The fourth-order valence-corrected chi connectivity index (χ4v) is 6.02. The Morgan fingerprint density at radius 2 is 1.94 bits per heavy atom. The number of piperidine rings is 1. The van der Waals surface area contributed by atoms with Gasteiger partial charge in [0.15, 0.2) is 11.5 Å². The lowest BCUT2D eigenvalue weighted by atomic mass is 10.1. The molecule has 0 spiro atoms. The highest BCUT2D eigenvalue weighted by molar-refractivity contribution is 7.15. The maximum absolute atomic E-state index is 13.7. The van der Waals surface area contributed by atoms with Crippen molar-refractivity contribution in [2.24, 2.45) is 5.92 Å². The maximum atomic E-state index is 13.7. The Labute approximate surface area is 205 Å². The number of nitrogens with zero attached hydrogens (tertiary/aromatic N) is 2. The zero-order chi connectivity index (χ0) is 24.1. The number of hydrogen-bond donors (Lipinski definition) is 1. The van der Waals surface area contributed by atoms with Crippen LogP contribution < -0.4 is 14.8 Å². The van der Waals surface area contributed by atoms with Crippen molar-refractivity contribution < 1.29 is 23.5 Å². The van der Waals surface area contributed by atoms with Gasteiger partial charge in [-0.2, -0.15) is 0 Å². The summed E-state index contributed by atoms with van der Waals surface area (Å²) in [5.41, 5.74) is 1.59. The van der Waals surface area contributed by atoms with Crippen LogP contribution >= 0.6 is 11.3 Å². The first-order chi connectivity index (χ1) is 17.0. The van der Waals surface area contributed by atoms with E-state index in [0.717, 1.165) is 28.3 Å². The molecule has 9 heteroatoms. The fraction of sp³-hybridized carbons (Fsp3) is 0.346. The highest BCUT2D eigenvalue weighted by Crippen LogP contribution is 2.49. The summed E-state index contributed by atoms with van der Waals surface area (Å²) in [4.78, 5) is 33.9. The number of amides is 2. The molecule has 3 atom stereocenters. The van der Waals surface area contributed by atoms with E-state index in [1.807, 2.05) is 11.8 Å². The predicted molar refractivity (Wildman–Crippen MR) is 128 cm³/mol. The van der Waals surface area contributed by atoms with E-state index in [1.54, 1.807) is 30.3 Å². The zero-order valence-corrected chi connectivity index (χ0v) is 19.9. The molecular weight excluding hydrogens is 469 g/mol. The Balaban J connectivity index is 1.21. The van der Waals surface area contributed by atoms with Gasteiger partial charge in [-0.25, -0.2) is 9.37 Å². The average molecular weight is 494 g/mol. The van der Waals surface area contributed by atoms with Crippen LogP contribution in [0.3, 0.4) is 0 Å². The van der Waals surface area contributed by atoms with Crippen molar-refractivity contribution in [3.8, 4) is 21.9 Å². The number of hydrogen-bond acceptors (Lipinski definition) is 6. The van der Waals surface area contributed by atoms with E-state index in [4.69, 9.17) is 9.47 Å². The number of fused-ring (bicyclic) bond motifs is 2. The molecule has 0 radical (unpaired) electrons. The van der Waals surface area contributed by atoms with Crippen molar-refractivity contribution in [1.82, 2.24) is 15.2 Å². The molecule has 2 unspecified atom stereocenters. The molecule has 2 amide bonds. The van der Waals surface area contributed by atoms with Gasteiger partial charge in [-0.05, 0) is 55.5 Å². The second kappa shape index (κ2) is 8.64. The van der Waals surface area contributed by atoms with Crippen molar-refractivity contribution in [2.75, 3.05) is 19.8 Å². The van der Waals surface area contributed by atoms with Gasteiger partial charge in [-0.1, -0.05) is 18.2 Å². The van der Waals surface area contributed by atoms with E-state index < -0.39 is 0 Å². The van der Waals surface area contributed by atoms with Crippen LogP contribution in [0, 0.1) is 18.7 Å². The van der Waals surface area contributed by atoms with Crippen LogP contribution in [0.25, 0.3) is 10.4 Å². The molecule has 2 aliphatic heterocycles. The van der Waals surface area contributed by atoms with Gasteiger partial charge in [-0.15, -0.1) is 11.3 Å². The summed E-state index contributed by atoms with van der Waals surface area (Å²) in [5, 5.41) is 3.78. The summed E-state index contributed by atoms with van der Waals surface area (Å²) in [7, 11) is 0. The Morgan fingerprint density at radius 3 is 2.77 bits per heavy atom. The third kappa shape index (κ3) is 4.03. The van der Waals surface area contributed by atoms with Gasteiger partial charge in [0, 0.05) is 12.6 Å². The number of carbonyl (C=O) groups is 2. The van der Waals surface area contributed by atoms with Crippen LogP contribution in [0.2, 0.25) is 0 Å². The normalized spacial score (nSPS) is 22.0. The van der Waals surface area contributed by atoms with Crippen LogP contribution in [-0.4, -0.2) is 53.5 Å². The van der Waals surface area contributed by atoms with E-state index >= 15 is 0 Å². The lowest BCUT2D eigenvalue weighted by Gasteiger charge is -2.28. The molecule has 1 saturated carbocycles. The first-order valence-electron chi connectivity index (χ1n) is 11.7. The Hall–Kier alpha value is -3.46. The standard InChI is InChI=1S/C26H24FN3O4S/c1-14-29-22(24(35-14)15-5-7-17(27)8-6-15)26(32)30-18(11-16-12-20(16)30)13-28-25(31)19-3-2-4-21-23(19)34-10-9-33-21/h2-8,16,18,20H,9-13H2,1H3,(H,28,31)/t16?,18-,20?/m0/s1. The molecule has 3 aromatic rings. The first kappa shape index (κ1) is 22.0. The number of aromatic nitrogens is 1. The number of ether oxygens (including phenoxy) is 2. The summed E-state index contributed by atoms with van der Waals surface area (Å²) in [6, 6.07) is 11.4. The molecule has 35 heavy (non-hydrogen) atoms. The number of thiazole rings is 1. The maximum Gasteiger partial charge on any atom is 0.274 e. The summed E-state index contributed by atoms with van der Waals surface area (Å²) in [6.07, 6.45) is 1.82. The highest BCUT2D eigenvalue weighted by atomic mass is 32.1. The predicted octanol–water partition coefficient (Wildman–Crippen LogP) is 4.06. The molecule has 1 aliphatic carbocycles. The highest BCUT2D eigenvalue weighted by Gasteiger charge is 2.54. The molecule has 3 aliphatic rings. The molecule has 1 saturated heterocycles. The first-order valence-corrected chi connectivity index (χ1v) is 12.5. The lowest BCUT2D eigenvalue weighted by molar-refractivity contribution is 0.0684. The van der Waals surface area contributed by atoms with Crippen LogP contribution in [0.1, 0.15) is 38.7 Å². The minimum Gasteiger partial charge on any atom is -0.486 e. The van der Waals surface area contributed by atoms with Gasteiger partial charge in [-0.3, -0.25) is 9.59 Å². The van der Waals surface area contributed by atoms with E-state index in [-0.39, 0.29) is 29.7 Å². The molecule has 1 N–H and O–H groups in total. The van der Waals surface area contributed by atoms with Crippen molar-refractivity contribution in [3.63, 3.8) is 0 Å². The zero-order valence-electron chi connectivity index (χ0n) is 19.1. The summed E-state index contributed by atoms with van der Waals surface area (Å²) in [5.74, 6) is 0.769. The smallest absolute Gasteiger partial charge is 0.274 e. The number of halogens is 1. The van der Waals surface area contributed by atoms with Crippen LogP contribution in [0.4, 0.5) is 4.39 Å². The minimum absolute atomic E-state index is 0.116. The van der Waals surface area contributed by atoms with Gasteiger partial charge in [0.1, 0.15) is 24.7 Å². The second-order valence-corrected chi connectivity index (χ2v) is 10.3. The van der Waals surface area contributed by atoms with Gasteiger partial charge in [0.25, 0.3) is 11.8 Å². The van der Waals surface area contributed by atoms with Crippen LogP contribution in [-0.2, 0) is 0 Å². The van der Waals surface area contributed by atoms with Crippen LogP contribution in [0.5, 0.6) is 11.5 Å². The molecule has 2 fully saturated rings. The van der Waals surface area contributed by atoms with Crippen molar-refractivity contribution in [1.29, 1.82) is 0 Å². The van der Waals surface area contributed by atoms with Crippen molar-refractivity contribution >= 4 is 23.2 Å². The lowest BCUT2D eigenvalue weighted by Crippen LogP contribution is -2.45. The van der Waals surface area contributed by atoms with Gasteiger partial charge in [0.05, 0.1) is 21.5 Å². The topological polar surface area (TPSA) is 80.8 Å². The average Bonchev–Trinajstić information content (AvgIpc) is 3.36. The Morgan fingerprint density at radius 1 is 1.14 bits per heavy atom. The van der Waals surface area contributed by atoms with E-state index in [0.29, 0.717) is 48.4 Å². The second-order valence-electron chi connectivity index (χ2n) is 9.12. The SMILES string of the molecule is Cc1nc(C(=O)N2C3CC3C[C@H]2CNC(=O)c2cccc3c2OCCO3)c(-c2ccc(F)cc2)s1. The van der Waals surface area contributed by atoms with E-state index in [1.165, 1.54) is 23.5 Å². The molecule has 180 valence electrons. The molecular formula is C26H24FN3O4S. The number of likely N-dealkylation sites (tertiary alicyclic amines) is 1. The molecule has 6 rings (SSSR count). The summed E-state index contributed by atoms with van der Waals surface area (Å²) in [6.45, 7) is 3.06. The number of nitrogens with one attached hydrogen (secondary N) is 1. The summed E-state index contributed by atoms with van der Waals surface area (Å²) >= 11 is 1.43. The Bertz CT molecular complexity index is 1310. The molecule has 3 heterocycles. The van der Waals surface area contributed by atoms with Crippen molar-refractivity contribution in [3.05, 3.63) is 64.5 Å². The monoisotopic (exact) mass is 493 g/mol. The number of benzene rings is 2. The molecule has 0 bridgehead atoms. The third-order valence-corrected chi connectivity index (χ3v) is 7.82. The number of rotatable bonds is 5. The van der Waals surface area contributed by atoms with E-state index in [9.17, 15) is 14.0 Å². The third-order valence-electron chi connectivity index (χ3n) is 6.80. The van der Waals surface area contributed by atoms with Gasteiger partial charge >= 0.3 is 0 Å². The number of aryl methyl sites for hydroxylation is 1. The molecule has 7 nitrogen and oxygen atoms in total. The quantitative estimate of drug-likeness (QED) is 0.580. The largest absolute Gasteiger partial charge is 0.486 e. The summed E-state index contributed by atoms with van der Waals surface area (Å²) < 4.78 is 24.7. The number of para-hydroxylation sites is 1. The van der Waals surface area contributed by atoms with Gasteiger partial charge < -0.3 is 19.7 Å². The van der Waals surface area contributed by atoms with Gasteiger partial charge in [0.2, 0.25) is 0 Å². The van der Waals surface area contributed by atoms with Crippen molar-refractivity contribution in [2.45, 2.75) is 31.8 Å². The minimum atomic E-state index is -0.323. The Kier molecular flexibility index (Phi) is 5.44. The van der Waals surface area contributed by atoms with E-state index in [2.05, 4.69) is 10.3 Å². The fourth-order valence-electron chi connectivity index (χ4n) is 5.11. The molecule has 2 aromatic carbocycles. The number of carbonyl (C=O) groups excluding carboxylic acids is 2.